The van der Waals surface area contributed by atoms with E-state index in [9.17, 15) is 9.90 Å². The number of alkyl halides is 1. The average Bonchev–Trinajstić information content (AvgIpc) is 3.56. The highest BCUT2D eigenvalue weighted by Crippen LogP contribution is 2.31. The topological polar surface area (TPSA) is 71.5 Å². The quantitative estimate of drug-likeness (QED) is 0.191. The Balaban J connectivity index is 1.22. The Kier molecular flexibility index (Phi) is 11.7. The van der Waals surface area contributed by atoms with Gasteiger partial charge in [-0.05, 0) is 42.7 Å². The van der Waals surface area contributed by atoms with Crippen LogP contribution in [-0.2, 0) is 20.8 Å². The van der Waals surface area contributed by atoms with Crippen LogP contribution in [0, 0.1) is 0 Å². The molecular weight excluding hydrogens is 524 g/mol. The van der Waals surface area contributed by atoms with Gasteiger partial charge in [0.2, 0.25) is 0 Å². The van der Waals surface area contributed by atoms with Crippen LogP contribution in [0.3, 0.4) is 0 Å². The molecule has 1 aromatic carbocycles. The number of ether oxygens (including phenoxy) is 3. The Morgan fingerprint density at radius 2 is 1.95 bits per heavy atom. The number of hydrogen-bond donors (Lipinski definition) is 1. The number of benzene rings is 1. The molecule has 0 bridgehead atoms. The van der Waals surface area contributed by atoms with Gasteiger partial charge < -0.3 is 24.2 Å². The van der Waals surface area contributed by atoms with Crippen LogP contribution in [0.4, 0.5) is 5.69 Å². The van der Waals surface area contributed by atoms with E-state index in [-0.39, 0.29) is 17.4 Å². The van der Waals surface area contributed by atoms with Gasteiger partial charge in [0.1, 0.15) is 11.5 Å². The van der Waals surface area contributed by atoms with Crippen LogP contribution in [0.2, 0.25) is 0 Å². The predicted molar refractivity (Wildman–Crippen MR) is 152 cm³/mol. The number of esters is 1. The predicted octanol–water partition coefficient (Wildman–Crippen LogP) is 5.25. The lowest BCUT2D eigenvalue weighted by Gasteiger charge is -2.28. The van der Waals surface area contributed by atoms with Crippen LogP contribution in [0.25, 0.3) is 0 Å². The lowest BCUT2D eigenvalue weighted by atomic mass is 10.0. The van der Waals surface area contributed by atoms with Crippen LogP contribution in [-0.4, -0.2) is 80.0 Å². The third kappa shape index (κ3) is 8.41. The number of carbonyl (C=O) groups excluding carboxylic acids is 1. The molecule has 3 atom stereocenters. The lowest BCUT2D eigenvalue weighted by Crippen LogP contribution is -2.38. The molecule has 9 heteroatoms. The second-order valence-electron chi connectivity index (χ2n) is 10.0. The van der Waals surface area contributed by atoms with Crippen LogP contribution in [0.5, 0.6) is 0 Å². The first-order chi connectivity index (χ1) is 18.5. The normalized spacial score (nSPS) is 21.1. The molecule has 0 spiro atoms. The molecule has 2 aromatic rings. The first-order valence-corrected chi connectivity index (χ1v) is 15.1. The van der Waals surface area contributed by atoms with Crippen molar-refractivity contribution in [1.29, 1.82) is 0 Å². The molecule has 0 radical (unpaired) electrons. The molecule has 0 amide bonds. The standard InChI is InChI=1S/C29H41ClN2O5S/c1-2-3-4-5-27(33)22-6-8-23(9-7-22)32-13-12-25(30)26(32)21-36-20-24-10-11-28(38-24)29(34)37-19-16-31-14-17-35-18-15-31/h6-11,25-27,33H,2-5,12-21H2,1H3/t25-,26+,27?/m1/s1. The molecule has 210 valence electrons. The maximum Gasteiger partial charge on any atom is 0.348 e. The Labute approximate surface area is 235 Å². The lowest BCUT2D eigenvalue weighted by molar-refractivity contribution is 0.0197. The number of morpholine rings is 1. The van der Waals surface area contributed by atoms with Crippen molar-refractivity contribution in [3.8, 4) is 0 Å². The molecule has 4 rings (SSSR count). The minimum absolute atomic E-state index is 0.00894. The minimum atomic E-state index is -0.410. The van der Waals surface area contributed by atoms with Gasteiger partial charge in [-0.1, -0.05) is 38.3 Å². The van der Waals surface area contributed by atoms with E-state index in [4.69, 9.17) is 25.8 Å². The van der Waals surface area contributed by atoms with E-state index in [1.807, 2.05) is 24.3 Å². The number of rotatable bonds is 14. The van der Waals surface area contributed by atoms with Crippen LogP contribution in [0.15, 0.2) is 36.4 Å². The van der Waals surface area contributed by atoms with Crippen molar-refractivity contribution in [3.63, 3.8) is 0 Å². The zero-order valence-corrected chi connectivity index (χ0v) is 23.9. The van der Waals surface area contributed by atoms with E-state index in [1.165, 1.54) is 11.3 Å². The van der Waals surface area contributed by atoms with Gasteiger partial charge in [-0.3, -0.25) is 4.90 Å². The van der Waals surface area contributed by atoms with Gasteiger partial charge in [0.25, 0.3) is 0 Å². The molecule has 2 fully saturated rings. The highest BCUT2D eigenvalue weighted by molar-refractivity contribution is 7.13. The van der Waals surface area contributed by atoms with E-state index in [0.29, 0.717) is 24.7 Å². The third-order valence-corrected chi connectivity index (χ3v) is 8.84. The van der Waals surface area contributed by atoms with Gasteiger partial charge in [-0.2, -0.15) is 0 Å². The SMILES string of the molecule is CCCCCC(O)c1ccc(N2CC[C@@H](Cl)[C@@H]2COCc2ccc(C(=O)OCCN3CCOCC3)s2)cc1. The molecule has 0 saturated carbocycles. The van der Waals surface area contributed by atoms with Crippen LogP contribution < -0.4 is 4.90 Å². The average molecular weight is 565 g/mol. The fourth-order valence-corrected chi connectivity index (χ4v) is 6.13. The van der Waals surface area contributed by atoms with Crippen LogP contribution in [0.1, 0.15) is 65.2 Å². The molecule has 3 heterocycles. The molecule has 2 aliphatic heterocycles. The minimum Gasteiger partial charge on any atom is -0.460 e. The van der Waals surface area contributed by atoms with Crippen molar-refractivity contribution in [2.75, 3.05) is 57.5 Å². The number of aliphatic hydroxyl groups is 1. The van der Waals surface area contributed by atoms with E-state index < -0.39 is 6.10 Å². The van der Waals surface area contributed by atoms with Crippen LogP contribution >= 0.6 is 22.9 Å². The Morgan fingerprint density at radius 3 is 2.71 bits per heavy atom. The number of aliphatic hydroxyl groups excluding tert-OH is 1. The molecule has 2 aliphatic rings. The monoisotopic (exact) mass is 564 g/mol. The second kappa shape index (κ2) is 15.2. The smallest absolute Gasteiger partial charge is 0.348 e. The van der Waals surface area contributed by atoms with E-state index in [0.717, 1.165) is 87.6 Å². The van der Waals surface area contributed by atoms with Crippen molar-refractivity contribution in [1.82, 2.24) is 4.90 Å². The van der Waals surface area contributed by atoms with Gasteiger partial charge in [-0.25, -0.2) is 4.79 Å². The summed E-state index contributed by atoms with van der Waals surface area (Å²) in [6.07, 6.45) is 4.63. The Bertz CT molecular complexity index is 982. The highest BCUT2D eigenvalue weighted by atomic mass is 35.5. The molecule has 1 aromatic heterocycles. The summed E-state index contributed by atoms with van der Waals surface area (Å²) in [7, 11) is 0. The largest absolute Gasteiger partial charge is 0.460 e. The number of halogens is 1. The number of thiophene rings is 1. The summed E-state index contributed by atoms with van der Waals surface area (Å²) >= 11 is 8.09. The maximum atomic E-state index is 12.4. The molecular formula is C29H41ClN2O5S. The summed E-state index contributed by atoms with van der Waals surface area (Å²) in [5.41, 5.74) is 2.07. The zero-order chi connectivity index (χ0) is 26.7. The number of anilines is 1. The summed E-state index contributed by atoms with van der Waals surface area (Å²) in [4.78, 5) is 18.6. The number of nitrogens with zero attached hydrogens (tertiary/aromatic N) is 2. The molecule has 7 nitrogen and oxygen atoms in total. The number of hydrogen-bond acceptors (Lipinski definition) is 8. The van der Waals surface area contributed by atoms with Gasteiger partial charge >= 0.3 is 5.97 Å². The van der Waals surface area contributed by atoms with E-state index in [1.54, 1.807) is 0 Å². The fourth-order valence-electron chi connectivity index (χ4n) is 4.98. The molecule has 0 aliphatic carbocycles. The van der Waals surface area contributed by atoms with Crippen molar-refractivity contribution in [3.05, 3.63) is 51.7 Å². The first-order valence-electron chi connectivity index (χ1n) is 13.9. The summed E-state index contributed by atoms with van der Waals surface area (Å²) in [5.74, 6) is -0.281. The molecule has 1 unspecified atom stereocenters. The maximum absolute atomic E-state index is 12.4. The Morgan fingerprint density at radius 1 is 1.16 bits per heavy atom. The molecule has 1 N–H and O–H groups in total. The molecule has 38 heavy (non-hydrogen) atoms. The highest BCUT2D eigenvalue weighted by Gasteiger charge is 2.33. The zero-order valence-electron chi connectivity index (χ0n) is 22.4. The summed E-state index contributed by atoms with van der Waals surface area (Å²) < 4.78 is 16.9. The van der Waals surface area contributed by atoms with Crippen molar-refractivity contribution < 1.29 is 24.1 Å². The third-order valence-electron chi connectivity index (χ3n) is 7.29. The van der Waals surface area contributed by atoms with Crippen molar-refractivity contribution in [2.45, 2.75) is 63.2 Å². The van der Waals surface area contributed by atoms with E-state index in [2.05, 4.69) is 28.9 Å². The number of carbonyl (C=O) groups is 1. The molecule has 2 saturated heterocycles. The van der Waals surface area contributed by atoms with Gasteiger partial charge in [0.15, 0.2) is 0 Å². The second-order valence-corrected chi connectivity index (χ2v) is 11.8. The van der Waals surface area contributed by atoms with Crippen molar-refractivity contribution >= 4 is 34.6 Å². The van der Waals surface area contributed by atoms with Gasteiger partial charge in [-0.15, -0.1) is 22.9 Å². The Hall–Kier alpha value is -1.68. The van der Waals surface area contributed by atoms with Gasteiger partial charge in [0.05, 0.1) is 44.0 Å². The number of unbranched alkanes of at least 4 members (excludes halogenated alkanes) is 2. The summed E-state index contributed by atoms with van der Waals surface area (Å²) in [6.45, 7) is 8.34. The fraction of sp³-hybridized carbons (Fsp3) is 0.621. The van der Waals surface area contributed by atoms with Crippen molar-refractivity contribution in [2.24, 2.45) is 0 Å². The first kappa shape index (κ1) is 29.3. The summed E-state index contributed by atoms with van der Waals surface area (Å²) in [5, 5.41) is 10.5. The van der Waals surface area contributed by atoms with E-state index >= 15 is 0 Å². The van der Waals surface area contributed by atoms with Gasteiger partial charge in [0, 0.05) is 36.7 Å². The summed E-state index contributed by atoms with van der Waals surface area (Å²) in [6, 6.07) is 12.0.